The molecule has 7 nitrogen and oxygen atoms in total. The van der Waals surface area contributed by atoms with Gasteiger partial charge in [0.15, 0.2) is 0 Å². The van der Waals surface area contributed by atoms with Crippen molar-refractivity contribution < 1.29 is 13.3 Å². The first-order valence-electron chi connectivity index (χ1n) is 6.28. The van der Waals surface area contributed by atoms with E-state index in [4.69, 9.17) is 0 Å². The predicted octanol–water partition coefficient (Wildman–Crippen LogP) is 0.886. The van der Waals surface area contributed by atoms with Crippen molar-refractivity contribution in [3.8, 4) is 0 Å². The van der Waals surface area contributed by atoms with Gasteiger partial charge in [-0.25, -0.2) is 8.42 Å². The number of sulfonamides is 1. The molecule has 20 heavy (non-hydrogen) atoms. The van der Waals surface area contributed by atoms with Gasteiger partial charge in [-0.05, 0) is 32.0 Å². The summed E-state index contributed by atoms with van der Waals surface area (Å²) in [4.78, 5) is 10.3. The lowest BCUT2D eigenvalue weighted by Crippen LogP contribution is -2.38. The Morgan fingerprint density at radius 2 is 2.15 bits per heavy atom. The molecule has 0 bridgehead atoms. The SMILES string of the molecule is Cc1cc(S(=O)(=O)N(C)C2CCNC2)ccc1[N+](=O)[O-]. The molecular formula is C12H17N3O4S. The molecule has 0 spiro atoms. The summed E-state index contributed by atoms with van der Waals surface area (Å²) in [6.07, 6.45) is 0.766. The van der Waals surface area contributed by atoms with Crippen molar-refractivity contribution in [1.82, 2.24) is 9.62 Å². The molecule has 1 saturated heterocycles. The Hall–Kier alpha value is -1.51. The number of rotatable bonds is 4. The van der Waals surface area contributed by atoms with Gasteiger partial charge in [0.1, 0.15) is 0 Å². The van der Waals surface area contributed by atoms with Crippen LogP contribution in [0.25, 0.3) is 0 Å². The second-order valence-corrected chi connectivity index (χ2v) is 6.87. The summed E-state index contributed by atoms with van der Waals surface area (Å²) in [5, 5.41) is 13.9. The Labute approximate surface area is 117 Å². The third-order valence-corrected chi connectivity index (χ3v) is 5.50. The van der Waals surface area contributed by atoms with Crippen LogP contribution in [0.4, 0.5) is 5.69 Å². The van der Waals surface area contributed by atoms with E-state index in [1.54, 1.807) is 7.05 Å². The maximum absolute atomic E-state index is 12.5. The first kappa shape index (κ1) is 14.9. The molecule has 1 N–H and O–H groups in total. The molecule has 0 aromatic heterocycles. The first-order valence-corrected chi connectivity index (χ1v) is 7.72. The van der Waals surface area contributed by atoms with Crippen molar-refractivity contribution in [3.63, 3.8) is 0 Å². The predicted molar refractivity (Wildman–Crippen MR) is 74.1 cm³/mol. The fourth-order valence-electron chi connectivity index (χ4n) is 2.31. The maximum Gasteiger partial charge on any atom is 0.272 e. The fraction of sp³-hybridized carbons (Fsp3) is 0.500. The molecule has 0 radical (unpaired) electrons. The van der Waals surface area contributed by atoms with Crippen molar-refractivity contribution in [2.24, 2.45) is 0 Å². The zero-order chi connectivity index (χ0) is 14.9. The average molecular weight is 299 g/mol. The van der Waals surface area contributed by atoms with Crippen LogP contribution < -0.4 is 5.32 Å². The third-order valence-electron chi connectivity index (χ3n) is 3.59. The lowest BCUT2D eigenvalue weighted by molar-refractivity contribution is -0.385. The number of nitrogens with zero attached hydrogens (tertiary/aromatic N) is 2. The highest BCUT2D eigenvalue weighted by atomic mass is 32.2. The molecular weight excluding hydrogens is 282 g/mol. The molecule has 1 aromatic rings. The van der Waals surface area contributed by atoms with Gasteiger partial charge in [-0.3, -0.25) is 10.1 Å². The first-order chi connectivity index (χ1) is 9.34. The highest BCUT2D eigenvalue weighted by Crippen LogP contribution is 2.25. The van der Waals surface area contributed by atoms with Crippen LogP contribution in [0.2, 0.25) is 0 Å². The summed E-state index contributed by atoms with van der Waals surface area (Å²) >= 11 is 0. The van der Waals surface area contributed by atoms with E-state index < -0.39 is 14.9 Å². The molecule has 110 valence electrons. The minimum Gasteiger partial charge on any atom is -0.315 e. The summed E-state index contributed by atoms with van der Waals surface area (Å²) in [5.41, 5.74) is 0.267. The number of hydrogen-bond donors (Lipinski definition) is 1. The summed E-state index contributed by atoms with van der Waals surface area (Å²) in [6, 6.07) is 3.81. The molecule has 0 saturated carbocycles. The third kappa shape index (κ3) is 2.67. The van der Waals surface area contributed by atoms with E-state index in [0.29, 0.717) is 12.1 Å². The molecule has 2 rings (SSSR count). The summed E-state index contributed by atoms with van der Waals surface area (Å²) in [7, 11) is -2.07. The van der Waals surface area contributed by atoms with Gasteiger partial charge in [-0.15, -0.1) is 0 Å². The van der Waals surface area contributed by atoms with Crippen molar-refractivity contribution >= 4 is 15.7 Å². The smallest absolute Gasteiger partial charge is 0.272 e. The second kappa shape index (κ2) is 5.47. The summed E-state index contributed by atoms with van der Waals surface area (Å²) < 4.78 is 26.3. The van der Waals surface area contributed by atoms with Crippen LogP contribution >= 0.6 is 0 Å². The Kier molecular flexibility index (Phi) is 4.07. The van der Waals surface area contributed by atoms with Gasteiger partial charge in [0.25, 0.3) is 5.69 Å². The van der Waals surface area contributed by atoms with Crippen LogP contribution in [-0.4, -0.2) is 43.8 Å². The normalized spacial score (nSPS) is 19.4. The van der Waals surface area contributed by atoms with E-state index in [1.807, 2.05) is 0 Å². The quantitative estimate of drug-likeness (QED) is 0.658. The molecule has 1 fully saturated rings. The minimum absolute atomic E-state index is 0.0736. The van der Waals surface area contributed by atoms with Gasteiger partial charge >= 0.3 is 0 Å². The van der Waals surface area contributed by atoms with E-state index in [1.165, 1.54) is 29.4 Å². The van der Waals surface area contributed by atoms with Crippen LogP contribution in [0, 0.1) is 17.0 Å². The zero-order valence-corrected chi connectivity index (χ0v) is 12.2. The van der Waals surface area contributed by atoms with Gasteiger partial charge in [-0.1, -0.05) is 0 Å². The van der Waals surface area contributed by atoms with Gasteiger partial charge in [0.05, 0.1) is 9.82 Å². The van der Waals surface area contributed by atoms with Crippen molar-refractivity contribution in [3.05, 3.63) is 33.9 Å². The average Bonchev–Trinajstić information content (AvgIpc) is 2.90. The highest BCUT2D eigenvalue weighted by Gasteiger charge is 2.30. The van der Waals surface area contributed by atoms with Crippen LogP contribution in [-0.2, 0) is 10.0 Å². The van der Waals surface area contributed by atoms with Gasteiger partial charge in [0.2, 0.25) is 10.0 Å². The number of likely N-dealkylation sites (N-methyl/N-ethyl adjacent to an activating group) is 1. The second-order valence-electron chi connectivity index (χ2n) is 4.87. The topological polar surface area (TPSA) is 92.6 Å². The van der Waals surface area contributed by atoms with E-state index in [0.717, 1.165) is 13.0 Å². The summed E-state index contributed by atoms with van der Waals surface area (Å²) in [6.45, 7) is 2.96. The Balaban J connectivity index is 2.34. The fourth-order valence-corrected chi connectivity index (χ4v) is 3.78. The lowest BCUT2D eigenvalue weighted by atomic mass is 10.2. The van der Waals surface area contributed by atoms with E-state index >= 15 is 0 Å². The standard InChI is InChI=1S/C12H17N3O4S/c1-9-7-11(3-4-12(9)15(16)17)20(18,19)14(2)10-5-6-13-8-10/h3-4,7,10,13H,5-6,8H2,1-2H3. The molecule has 1 atom stereocenters. The van der Waals surface area contributed by atoms with Gasteiger partial charge < -0.3 is 5.32 Å². The Morgan fingerprint density at radius 3 is 2.65 bits per heavy atom. The van der Waals surface area contributed by atoms with E-state index in [9.17, 15) is 18.5 Å². The van der Waals surface area contributed by atoms with Crippen LogP contribution in [0.5, 0.6) is 0 Å². The van der Waals surface area contributed by atoms with Crippen molar-refractivity contribution in [2.45, 2.75) is 24.3 Å². The molecule has 0 amide bonds. The number of benzene rings is 1. The van der Waals surface area contributed by atoms with Crippen LogP contribution in [0.1, 0.15) is 12.0 Å². The zero-order valence-electron chi connectivity index (χ0n) is 11.4. The van der Waals surface area contributed by atoms with Crippen molar-refractivity contribution in [1.29, 1.82) is 0 Å². The molecule has 1 aliphatic rings. The Bertz CT molecular complexity index is 624. The minimum atomic E-state index is -3.62. The van der Waals surface area contributed by atoms with Gasteiger partial charge in [0, 0.05) is 31.3 Å². The van der Waals surface area contributed by atoms with Crippen LogP contribution in [0.3, 0.4) is 0 Å². The maximum atomic E-state index is 12.5. The Morgan fingerprint density at radius 1 is 1.45 bits per heavy atom. The molecule has 1 aliphatic heterocycles. The summed E-state index contributed by atoms with van der Waals surface area (Å²) in [5.74, 6) is 0. The lowest BCUT2D eigenvalue weighted by Gasteiger charge is -2.23. The highest BCUT2D eigenvalue weighted by molar-refractivity contribution is 7.89. The number of nitro groups is 1. The molecule has 1 heterocycles. The van der Waals surface area contributed by atoms with E-state index in [-0.39, 0.29) is 16.6 Å². The monoisotopic (exact) mass is 299 g/mol. The molecule has 0 aliphatic carbocycles. The number of hydrogen-bond acceptors (Lipinski definition) is 5. The molecule has 1 aromatic carbocycles. The largest absolute Gasteiger partial charge is 0.315 e. The molecule has 1 unspecified atom stereocenters. The number of nitro benzene ring substituents is 1. The van der Waals surface area contributed by atoms with Crippen LogP contribution in [0.15, 0.2) is 23.1 Å². The molecule has 8 heteroatoms. The number of aryl methyl sites for hydroxylation is 1. The number of nitrogens with one attached hydrogen (secondary N) is 1. The van der Waals surface area contributed by atoms with Gasteiger partial charge in [-0.2, -0.15) is 4.31 Å². The van der Waals surface area contributed by atoms with Crippen molar-refractivity contribution in [2.75, 3.05) is 20.1 Å². The van der Waals surface area contributed by atoms with E-state index in [2.05, 4.69) is 5.32 Å².